The van der Waals surface area contributed by atoms with Gasteiger partial charge in [0.2, 0.25) is 5.91 Å². The summed E-state index contributed by atoms with van der Waals surface area (Å²) in [4.78, 5) is 18.9. The maximum absolute atomic E-state index is 12.6. The molecule has 1 aromatic rings. The number of aromatic nitrogens is 2. The van der Waals surface area contributed by atoms with E-state index in [9.17, 15) is 4.79 Å². The first kappa shape index (κ1) is 13.8. The standard InChI is InChI=1S/C15H23N3O/c1-12(2)18(11-14-16-9-10-17(14)3)15(19)13-7-5-4-6-8-13/h4-5,9-10,12-13H,6-8,11H2,1-3H3. The Morgan fingerprint density at radius 3 is 2.84 bits per heavy atom. The number of aryl methyl sites for hydroxylation is 1. The first-order valence-electron chi connectivity index (χ1n) is 7.01. The molecule has 4 heteroatoms. The van der Waals surface area contributed by atoms with Crippen LogP contribution in [0.25, 0.3) is 0 Å². The molecule has 0 fully saturated rings. The van der Waals surface area contributed by atoms with Gasteiger partial charge in [-0.25, -0.2) is 4.98 Å². The fourth-order valence-corrected chi connectivity index (χ4v) is 2.47. The van der Waals surface area contributed by atoms with Crippen LogP contribution in [-0.4, -0.2) is 26.4 Å². The Hall–Kier alpha value is -1.58. The minimum atomic E-state index is 0.146. The Balaban J connectivity index is 2.09. The molecule has 0 saturated carbocycles. The molecule has 104 valence electrons. The van der Waals surface area contributed by atoms with E-state index in [1.165, 1.54) is 0 Å². The van der Waals surface area contributed by atoms with Gasteiger partial charge in [-0.3, -0.25) is 4.79 Å². The van der Waals surface area contributed by atoms with Gasteiger partial charge in [0.1, 0.15) is 5.82 Å². The molecule has 1 aromatic heterocycles. The summed E-state index contributed by atoms with van der Waals surface area (Å²) in [5, 5.41) is 0. The highest BCUT2D eigenvalue weighted by atomic mass is 16.2. The summed E-state index contributed by atoms with van der Waals surface area (Å²) in [6, 6.07) is 0.204. The van der Waals surface area contributed by atoms with E-state index >= 15 is 0 Å². The van der Waals surface area contributed by atoms with E-state index in [0.29, 0.717) is 6.54 Å². The van der Waals surface area contributed by atoms with Gasteiger partial charge in [0.25, 0.3) is 0 Å². The molecule has 4 nitrogen and oxygen atoms in total. The molecule has 19 heavy (non-hydrogen) atoms. The number of rotatable bonds is 4. The highest BCUT2D eigenvalue weighted by Crippen LogP contribution is 2.22. The fraction of sp³-hybridized carbons (Fsp3) is 0.600. The summed E-state index contributed by atoms with van der Waals surface area (Å²) < 4.78 is 1.98. The highest BCUT2D eigenvalue weighted by Gasteiger charge is 2.26. The lowest BCUT2D eigenvalue weighted by molar-refractivity contribution is -0.138. The van der Waals surface area contributed by atoms with Crippen molar-refractivity contribution in [1.82, 2.24) is 14.5 Å². The summed E-state index contributed by atoms with van der Waals surface area (Å²) in [6.45, 7) is 4.74. The minimum Gasteiger partial charge on any atom is -0.337 e. The lowest BCUT2D eigenvalue weighted by atomic mass is 9.92. The molecule has 2 rings (SSSR count). The van der Waals surface area contributed by atoms with Crippen molar-refractivity contribution in [2.75, 3.05) is 0 Å². The number of imidazole rings is 1. The second-order valence-electron chi connectivity index (χ2n) is 5.50. The zero-order valence-corrected chi connectivity index (χ0v) is 12.0. The normalized spacial score (nSPS) is 18.8. The fourth-order valence-electron chi connectivity index (χ4n) is 2.47. The Morgan fingerprint density at radius 1 is 1.53 bits per heavy atom. The van der Waals surface area contributed by atoms with Crippen molar-refractivity contribution in [2.24, 2.45) is 13.0 Å². The minimum absolute atomic E-state index is 0.146. The van der Waals surface area contributed by atoms with Gasteiger partial charge >= 0.3 is 0 Å². The van der Waals surface area contributed by atoms with Crippen LogP contribution in [0, 0.1) is 5.92 Å². The molecular formula is C15H23N3O. The smallest absolute Gasteiger partial charge is 0.226 e. The average molecular weight is 261 g/mol. The first-order valence-corrected chi connectivity index (χ1v) is 7.01. The quantitative estimate of drug-likeness (QED) is 0.781. The Labute approximate surface area is 115 Å². The molecule has 0 bridgehead atoms. The third kappa shape index (κ3) is 3.25. The molecule has 1 aliphatic carbocycles. The maximum atomic E-state index is 12.6. The molecule has 0 aliphatic heterocycles. The van der Waals surface area contributed by atoms with Crippen LogP contribution in [0.15, 0.2) is 24.5 Å². The lowest BCUT2D eigenvalue weighted by Gasteiger charge is -2.31. The SMILES string of the molecule is CC(C)N(Cc1nccn1C)C(=O)C1CC=CCC1. The molecule has 1 atom stereocenters. The third-order valence-electron chi connectivity index (χ3n) is 3.76. The molecular weight excluding hydrogens is 238 g/mol. The second kappa shape index (κ2) is 6.04. The van der Waals surface area contributed by atoms with E-state index in [0.717, 1.165) is 25.1 Å². The number of hydrogen-bond donors (Lipinski definition) is 0. The number of carbonyl (C=O) groups is 1. The van der Waals surface area contributed by atoms with Crippen molar-refractivity contribution in [3.05, 3.63) is 30.4 Å². The van der Waals surface area contributed by atoms with Crippen LogP contribution in [0.4, 0.5) is 0 Å². The van der Waals surface area contributed by atoms with E-state index in [-0.39, 0.29) is 17.9 Å². The van der Waals surface area contributed by atoms with Crippen LogP contribution in [0.2, 0.25) is 0 Å². The van der Waals surface area contributed by atoms with Crippen LogP contribution in [0.1, 0.15) is 38.9 Å². The van der Waals surface area contributed by atoms with E-state index in [2.05, 4.69) is 31.0 Å². The van der Waals surface area contributed by atoms with E-state index in [4.69, 9.17) is 0 Å². The maximum Gasteiger partial charge on any atom is 0.226 e. The second-order valence-corrected chi connectivity index (χ2v) is 5.50. The highest BCUT2D eigenvalue weighted by molar-refractivity contribution is 5.79. The molecule has 0 N–H and O–H groups in total. The summed E-state index contributed by atoms with van der Waals surface area (Å²) in [6.07, 6.45) is 10.9. The third-order valence-corrected chi connectivity index (χ3v) is 3.76. The van der Waals surface area contributed by atoms with Gasteiger partial charge in [-0.15, -0.1) is 0 Å². The molecule has 1 heterocycles. The van der Waals surface area contributed by atoms with Crippen LogP contribution < -0.4 is 0 Å². The zero-order chi connectivity index (χ0) is 13.8. The number of hydrogen-bond acceptors (Lipinski definition) is 2. The van der Waals surface area contributed by atoms with Crippen LogP contribution in [-0.2, 0) is 18.4 Å². The summed E-state index contributed by atoms with van der Waals surface area (Å²) in [7, 11) is 1.97. The van der Waals surface area contributed by atoms with Crippen LogP contribution in [0.3, 0.4) is 0 Å². The predicted molar refractivity (Wildman–Crippen MR) is 75.4 cm³/mol. The number of nitrogens with zero attached hydrogens (tertiary/aromatic N) is 3. The molecule has 1 amide bonds. The zero-order valence-electron chi connectivity index (χ0n) is 12.0. The molecule has 0 spiro atoms. The number of carbonyl (C=O) groups excluding carboxylic acids is 1. The number of allylic oxidation sites excluding steroid dienone is 2. The van der Waals surface area contributed by atoms with Gasteiger partial charge in [0.05, 0.1) is 6.54 Å². The van der Waals surface area contributed by atoms with Crippen molar-refractivity contribution in [1.29, 1.82) is 0 Å². The Bertz CT molecular complexity index is 462. The molecule has 0 radical (unpaired) electrons. The summed E-state index contributed by atoms with van der Waals surface area (Å²) in [5.41, 5.74) is 0. The average Bonchev–Trinajstić information content (AvgIpc) is 2.81. The predicted octanol–water partition coefficient (Wildman–Crippen LogP) is 2.51. The Kier molecular flexibility index (Phi) is 4.40. The molecule has 0 aromatic carbocycles. The summed E-state index contributed by atoms with van der Waals surface area (Å²) >= 11 is 0. The number of amides is 1. The van der Waals surface area contributed by atoms with Crippen molar-refractivity contribution in [3.8, 4) is 0 Å². The lowest BCUT2D eigenvalue weighted by Crippen LogP contribution is -2.41. The summed E-state index contributed by atoms with van der Waals surface area (Å²) in [5.74, 6) is 1.35. The van der Waals surface area contributed by atoms with Crippen LogP contribution >= 0.6 is 0 Å². The molecule has 0 saturated heterocycles. The van der Waals surface area contributed by atoms with Crippen LogP contribution in [0.5, 0.6) is 0 Å². The van der Waals surface area contributed by atoms with Gasteiger partial charge in [-0.05, 0) is 33.1 Å². The van der Waals surface area contributed by atoms with Crippen molar-refractivity contribution < 1.29 is 4.79 Å². The topological polar surface area (TPSA) is 38.1 Å². The van der Waals surface area contributed by atoms with Gasteiger partial charge < -0.3 is 9.47 Å². The van der Waals surface area contributed by atoms with Crippen molar-refractivity contribution in [2.45, 2.75) is 45.7 Å². The van der Waals surface area contributed by atoms with E-state index in [1.807, 2.05) is 22.7 Å². The van der Waals surface area contributed by atoms with Gasteiger partial charge in [-0.1, -0.05) is 12.2 Å². The van der Waals surface area contributed by atoms with Gasteiger partial charge in [-0.2, -0.15) is 0 Å². The van der Waals surface area contributed by atoms with Crippen molar-refractivity contribution >= 4 is 5.91 Å². The van der Waals surface area contributed by atoms with E-state index in [1.54, 1.807) is 6.20 Å². The van der Waals surface area contributed by atoms with Crippen molar-refractivity contribution in [3.63, 3.8) is 0 Å². The van der Waals surface area contributed by atoms with Gasteiger partial charge in [0, 0.05) is 31.4 Å². The van der Waals surface area contributed by atoms with E-state index < -0.39 is 0 Å². The molecule has 1 aliphatic rings. The largest absolute Gasteiger partial charge is 0.337 e. The monoisotopic (exact) mass is 261 g/mol. The Morgan fingerprint density at radius 2 is 2.32 bits per heavy atom. The first-order chi connectivity index (χ1) is 9.09. The van der Waals surface area contributed by atoms with Gasteiger partial charge in [0.15, 0.2) is 0 Å². The molecule has 1 unspecified atom stereocenters.